The van der Waals surface area contributed by atoms with Gasteiger partial charge in [-0.15, -0.1) is 0 Å². The Balaban J connectivity index is 1.38. The molecule has 3 aromatic rings. The van der Waals surface area contributed by atoms with Gasteiger partial charge in [-0.2, -0.15) is 0 Å². The van der Waals surface area contributed by atoms with E-state index >= 15 is 0 Å². The molecule has 0 saturated carbocycles. The number of rotatable bonds is 5. The summed E-state index contributed by atoms with van der Waals surface area (Å²) in [6, 6.07) is 6.66. The molecule has 8 heteroatoms. The third-order valence-corrected chi connectivity index (χ3v) is 6.79. The van der Waals surface area contributed by atoms with Crippen molar-refractivity contribution in [1.29, 1.82) is 0 Å². The molecule has 5 rings (SSSR count). The number of anilines is 1. The molecule has 1 fully saturated rings. The molecule has 8 nitrogen and oxygen atoms in total. The number of pyridine rings is 1. The van der Waals surface area contributed by atoms with Crippen molar-refractivity contribution in [3.63, 3.8) is 0 Å². The average Bonchev–Trinajstić information content (AvgIpc) is 3.21. The van der Waals surface area contributed by atoms with Crippen molar-refractivity contribution in [2.45, 2.75) is 37.9 Å². The quantitative estimate of drug-likeness (QED) is 0.673. The van der Waals surface area contributed by atoms with E-state index in [-0.39, 0.29) is 12.6 Å². The predicted molar refractivity (Wildman–Crippen MR) is 120 cm³/mol. The van der Waals surface area contributed by atoms with Crippen LogP contribution in [0.5, 0.6) is 0 Å². The Kier molecular flexibility index (Phi) is 5.60. The van der Waals surface area contributed by atoms with E-state index in [1.807, 2.05) is 24.5 Å². The second kappa shape index (κ2) is 8.53. The van der Waals surface area contributed by atoms with Crippen molar-refractivity contribution in [2.75, 3.05) is 45.2 Å². The van der Waals surface area contributed by atoms with Crippen molar-refractivity contribution in [3.05, 3.63) is 53.7 Å². The number of nitrogens with zero attached hydrogens (tertiary/aromatic N) is 7. The Morgan fingerprint density at radius 3 is 2.97 bits per heavy atom. The zero-order valence-corrected chi connectivity index (χ0v) is 18.4. The van der Waals surface area contributed by atoms with Crippen molar-refractivity contribution >= 4 is 11.6 Å². The molecule has 2 aliphatic rings. The lowest BCUT2D eigenvalue weighted by atomic mass is 9.91. The minimum absolute atomic E-state index is 0.124. The second-order valence-electron chi connectivity index (χ2n) is 8.84. The highest BCUT2D eigenvalue weighted by Gasteiger charge is 2.27. The van der Waals surface area contributed by atoms with Crippen LogP contribution in [0, 0.1) is 0 Å². The number of imidazole rings is 1. The maximum atomic E-state index is 9.72. The average molecular weight is 422 g/mol. The summed E-state index contributed by atoms with van der Waals surface area (Å²) in [6.45, 7) is 3.47. The largest absolute Gasteiger partial charge is 0.395 e. The fourth-order valence-corrected chi connectivity index (χ4v) is 4.97. The highest BCUT2D eigenvalue weighted by molar-refractivity contribution is 5.48. The zero-order chi connectivity index (χ0) is 21.4. The van der Waals surface area contributed by atoms with Crippen LogP contribution >= 0.6 is 0 Å². The zero-order valence-electron chi connectivity index (χ0n) is 18.4. The number of piperazine rings is 1. The Hall–Kier alpha value is -2.55. The van der Waals surface area contributed by atoms with Crippen LogP contribution in [0.3, 0.4) is 0 Å². The van der Waals surface area contributed by atoms with Gasteiger partial charge in [0.25, 0.3) is 0 Å². The van der Waals surface area contributed by atoms with E-state index in [1.165, 1.54) is 17.7 Å². The van der Waals surface area contributed by atoms with Crippen LogP contribution in [0.4, 0.5) is 5.95 Å². The molecule has 0 aromatic carbocycles. The van der Waals surface area contributed by atoms with Gasteiger partial charge in [-0.05, 0) is 51.1 Å². The molecule has 0 radical (unpaired) electrons. The second-order valence-corrected chi connectivity index (χ2v) is 8.84. The molecule has 164 valence electrons. The fraction of sp³-hybridized carbons (Fsp3) is 0.522. The van der Waals surface area contributed by atoms with Gasteiger partial charge in [0.2, 0.25) is 5.95 Å². The first-order valence-corrected chi connectivity index (χ1v) is 11.2. The van der Waals surface area contributed by atoms with Gasteiger partial charge in [0.15, 0.2) is 0 Å². The molecular weight excluding hydrogens is 390 g/mol. The van der Waals surface area contributed by atoms with Crippen molar-refractivity contribution < 1.29 is 5.11 Å². The molecule has 1 aliphatic carbocycles. The van der Waals surface area contributed by atoms with Crippen LogP contribution in [0.25, 0.3) is 5.65 Å². The van der Waals surface area contributed by atoms with Crippen LogP contribution in [0.15, 0.2) is 36.8 Å². The monoisotopic (exact) mass is 421 g/mol. The van der Waals surface area contributed by atoms with E-state index in [0.717, 1.165) is 56.3 Å². The minimum Gasteiger partial charge on any atom is -0.395 e. The van der Waals surface area contributed by atoms with E-state index in [2.05, 4.69) is 50.4 Å². The number of aromatic nitrogens is 4. The number of aliphatic hydroxyl groups is 1. The Labute approximate surface area is 183 Å². The number of hydrogen-bond donors (Lipinski definition) is 1. The molecule has 2 atom stereocenters. The topological polar surface area (TPSA) is 73.0 Å². The lowest BCUT2D eigenvalue weighted by Crippen LogP contribution is -2.53. The molecular formula is C23H31N7O. The smallest absolute Gasteiger partial charge is 0.211 e. The molecule has 31 heavy (non-hydrogen) atoms. The standard InChI is InChI=1S/C23H31N7O/c1-27-11-12-29(15-19(27)16-31)23-25-10-8-21-26-18(14-30(21)23)13-28(2)20-7-3-5-17-6-4-9-24-22(17)20/h4,6,8-10,14,19-20,31H,3,5,7,11-13,15-16H2,1-2H3/t19-,20+/m1/s1. The highest BCUT2D eigenvalue weighted by Crippen LogP contribution is 2.32. The highest BCUT2D eigenvalue weighted by atomic mass is 16.3. The van der Waals surface area contributed by atoms with Crippen molar-refractivity contribution in [3.8, 4) is 0 Å². The summed E-state index contributed by atoms with van der Waals surface area (Å²) in [6.07, 6.45) is 9.30. The molecule has 1 saturated heterocycles. The third kappa shape index (κ3) is 3.91. The summed E-state index contributed by atoms with van der Waals surface area (Å²) in [5.41, 5.74) is 4.54. The normalized spacial score (nSPS) is 22.3. The van der Waals surface area contributed by atoms with E-state index < -0.39 is 0 Å². The number of hydrogen-bond acceptors (Lipinski definition) is 7. The molecule has 0 spiro atoms. The number of fused-ring (bicyclic) bond motifs is 2. The van der Waals surface area contributed by atoms with Gasteiger partial charge >= 0.3 is 0 Å². The van der Waals surface area contributed by atoms with Crippen LogP contribution in [-0.2, 0) is 13.0 Å². The van der Waals surface area contributed by atoms with E-state index in [1.54, 1.807) is 0 Å². The number of aryl methyl sites for hydroxylation is 1. The van der Waals surface area contributed by atoms with Crippen molar-refractivity contribution in [2.24, 2.45) is 0 Å². The van der Waals surface area contributed by atoms with Crippen molar-refractivity contribution in [1.82, 2.24) is 29.2 Å². The molecule has 0 bridgehead atoms. The fourth-order valence-electron chi connectivity index (χ4n) is 4.97. The van der Waals surface area contributed by atoms with Crippen LogP contribution in [0.1, 0.15) is 35.8 Å². The summed E-state index contributed by atoms with van der Waals surface area (Å²) in [5, 5.41) is 9.72. The molecule has 0 amide bonds. The molecule has 0 unspecified atom stereocenters. The summed E-state index contributed by atoms with van der Waals surface area (Å²) in [7, 11) is 4.24. The van der Waals surface area contributed by atoms with Gasteiger partial charge in [-0.25, -0.2) is 9.97 Å². The maximum Gasteiger partial charge on any atom is 0.211 e. The lowest BCUT2D eigenvalue weighted by Gasteiger charge is -2.39. The first kappa shape index (κ1) is 20.4. The Morgan fingerprint density at radius 1 is 1.19 bits per heavy atom. The summed E-state index contributed by atoms with van der Waals surface area (Å²) in [5.74, 6) is 0.898. The summed E-state index contributed by atoms with van der Waals surface area (Å²) >= 11 is 0. The Bertz CT molecular complexity index is 1050. The minimum atomic E-state index is 0.124. The van der Waals surface area contributed by atoms with Crippen LogP contribution in [0.2, 0.25) is 0 Å². The maximum absolute atomic E-state index is 9.72. The Morgan fingerprint density at radius 2 is 2.10 bits per heavy atom. The summed E-state index contributed by atoms with van der Waals surface area (Å²) in [4.78, 5) is 21.1. The first-order chi connectivity index (χ1) is 15.1. The number of aliphatic hydroxyl groups excluding tert-OH is 1. The van der Waals surface area contributed by atoms with Crippen LogP contribution in [-0.4, -0.2) is 80.6 Å². The molecule has 4 heterocycles. The van der Waals surface area contributed by atoms with E-state index in [4.69, 9.17) is 9.97 Å². The molecule has 3 aromatic heterocycles. The van der Waals surface area contributed by atoms with Gasteiger partial charge < -0.3 is 10.0 Å². The van der Waals surface area contributed by atoms with E-state index in [9.17, 15) is 5.11 Å². The third-order valence-electron chi connectivity index (χ3n) is 6.79. The SMILES string of the molecule is CN1CCN(c2nccc3nc(CN(C)[C@H]4CCCc5cccnc54)cn23)C[C@@H]1CO. The van der Waals surface area contributed by atoms with Gasteiger partial charge in [0.1, 0.15) is 5.65 Å². The van der Waals surface area contributed by atoms with E-state index in [0.29, 0.717) is 6.04 Å². The van der Waals surface area contributed by atoms with Gasteiger partial charge in [-0.1, -0.05) is 6.07 Å². The summed E-state index contributed by atoms with van der Waals surface area (Å²) < 4.78 is 2.09. The van der Waals surface area contributed by atoms with Gasteiger partial charge in [0.05, 0.1) is 30.1 Å². The lowest BCUT2D eigenvalue weighted by molar-refractivity contribution is 0.135. The number of likely N-dealkylation sites (N-methyl/N-ethyl adjacent to an activating group) is 1. The molecule has 1 aliphatic heterocycles. The van der Waals surface area contributed by atoms with Gasteiger partial charge in [0, 0.05) is 44.8 Å². The first-order valence-electron chi connectivity index (χ1n) is 11.2. The van der Waals surface area contributed by atoms with Crippen LogP contribution < -0.4 is 4.90 Å². The van der Waals surface area contributed by atoms with Gasteiger partial charge in [-0.3, -0.25) is 19.2 Å². The molecule has 1 N–H and O–H groups in total. The predicted octanol–water partition coefficient (Wildman–Crippen LogP) is 1.75.